The van der Waals surface area contributed by atoms with Crippen LogP contribution in [0, 0.1) is 0 Å². The van der Waals surface area contributed by atoms with Gasteiger partial charge in [0.25, 0.3) is 0 Å². The van der Waals surface area contributed by atoms with Crippen LogP contribution >= 0.6 is 0 Å². The molecule has 4 nitrogen and oxygen atoms in total. The van der Waals surface area contributed by atoms with E-state index in [1.807, 2.05) is 24.3 Å². The van der Waals surface area contributed by atoms with Gasteiger partial charge in [0.05, 0.1) is 11.4 Å². The van der Waals surface area contributed by atoms with Crippen LogP contribution < -0.4 is 10.0 Å². The van der Waals surface area contributed by atoms with Crippen LogP contribution in [0.5, 0.6) is 0 Å². The van der Waals surface area contributed by atoms with Crippen LogP contribution in [-0.2, 0) is 16.4 Å². The first-order valence-corrected chi connectivity index (χ1v) is 7.04. The van der Waals surface area contributed by atoms with Crippen LogP contribution in [-0.4, -0.2) is 27.3 Å². The van der Waals surface area contributed by atoms with Crippen molar-refractivity contribution < 1.29 is 8.42 Å². The van der Waals surface area contributed by atoms with Gasteiger partial charge in [-0.1, -0.05) is 18.2 Å². The van der Waals surface area contributed by atoms with Crippen LogP contribution in [0.15, 0.2) is 24.3 Å². The van der Waals surface area contributed by atoms with Crippen molar-refractivity contribution in [3.63, 3.8) is 0 Å². The van der Waals surface area contributed by atoms with Gasteiger partial charge in [-0.15, -0.1) is 0 Å². The number of benzene rings is 1. The maximum Gasteiger partial charge on any atom is 0.236 e. The highest BCUT2D eigenvalue weighted by Gasteiger charge is 2.26. The van der Waals surface area contributed by atoms with Crippen molar-refractivity contribution in [3.05, 3.63) is 29.8 Å². The molecule has 0 aromatic heterocycles. The summed E-state index contributed by atoms with van der Waals surface area (Å²) in [5, 5.41) is 0. The Bertz CT molecular complexity index is 471. The molecule has 0 radical (unpaired) electrons. The zero-order chi connectivity index (χ0) is 11.6. The lowest BCUT2D eigenvalue weighted by Gasteiger charge is -2.30. The Morgan fingerprint density at radius 1 is 1.31 bits per heavy atom. The zero-order valence-electron chi connectivity index (χ0n) is 9.09. The van der Waals surface area contributed by atoms with Crippen LogP contribution in [0.25, 0.3) is 0 Å². The Labute approximate surface area is 96.1 Å². The Morgan fingerprint density at radius 3 is 2.81 bits per heavy atom. The summed E-state index contributed by atoms with van der Waals surface area (Å²) in [6.07, 6.45) is 1.83. The molecular weight excluding hydrogens is 224 g/mol. The average Bonchev–Trinajstić information content (AvgIpc) is 2.28. The highest BCUT2D eigenvalue weighted by atomic mass is 32.2. The van der Waals surface area contributed by atoms with Gasteiger partial charge in [0.15, 0.2) is 0 Å². The van der Waals surface area contributed by atoms with Crippen LogP contribution in [0.1, 0.15) is 12.0 Å². The second-order valence-electron chi connectivity index (χ2n) is 3.91. The summed E-state index contributed by atoms with van der Waals surface area (Å²) in [5.41, 5.74) is 7.26. The van der Waals surface area contributed by atoms with Crippen LogP contribution in [0.2, 0.25) is 0 Å². The molecule has 1 aromatic rings. The van der Waals surface area contributed by atoms with Gasteiger partial charge in [0.2, 0.25) is 10.0 Å². The van der Waals surface area contributed by atoms with Crippen LogP contribution in [0.4, 0.5) is 5.69 Å². The molecule has 0 fully saturated rings. The third-order valence-electron chi connectivity index (χ3n) is 2.78. The number of hydrogen-bond donors (Lipinski definition) is 1. The number of nitrogens with zero attached hydrogens (tertiary/aromatic N) is 1. The van der Waals surface area contributed by atoms with E-state index >= 15 is 0 Å². The Balaban J connectivity index is 2.39. The largest absolute Gasteiger partial charge is 0.329 e. The van der Waals surface area contributed by atoms with E-state index in [1.54, 1.807) is 0 Å². The van der Waals surface area contributed by atoms with Crippen LogP contribution in [0.3, 0.4) is 0 Å². The SMILES string of the molecule is NCCS(=O)(=O)N1CCCc2ccccc21. The first-order valence-electron chi connectivity index (χ1n) is 5.43. The summed E-state index contributed by atoms with van der Waals surface area (Å²) in [7, 11) is -3.24. The number of sulfonamides is 1. The number of nitrogens with two attached hydrogens (primary N) is 1. The standard InChI is InChI=1S/C11H16N2O2S/c12-7-9-16(14,15)13-8-3-5-10-4-1-2-6-11(10)13/h1-2,4,6H,3,5,7-9,12H2. The zero-order valence-corrected chi connectivity index (χ0v) is 9.91. The minimum Gasteiger partial charge on any atom is -0.329 e. The van der Waals surface area contributed by atoms with Crippen molar-refractivity contribution in [3.8, 4) is 0 Å². The normalized spacial score (nSPS) is 15.9. The van der Waals surface area contributed by atoms with Gasteiger partial charge in [-0.2, -0.15) is 0 Å². The van der Waals surface area contributed by atoms with E-state index in [0.29, 0.717) is 6.54 Å². The fourth-order valence-corrected chi connectivity index (χ4v) is 3.45. The molecule has 0 bridgehead atoms. The molecule has 5 heteroatoms. The first-order chi connectivity index (χ1) is 7.65. The predicted octanol–water partition coefficient (Wildman–Crippen LogP) is 0.728. The van der Waals surface area contributed by atoms with E-state index < -0.39 is 10.0 Å². The fourth-order valence-electron chi connectivity index (χ4n) is 2.05. The molecule has 2 N–H and O–H groups in total. The van der Waals surface area contributed by atoms with Crippen molar-refractivity contribution in [1.82, 2.24) is 0 Å². The number of rotatable bonds is 3. The second kappa shape index (κ2) is 4.43. The van der Waals surface area contributed by atoms with Gasteiger partial charge in [0, 0.05) is 13.1 Å². The van der Waals surface area contributed by atoms with Gasteiger partial charge in [-0.25, -0.2) is 8.42 Å². The minimum absolute atomic E-state index is 0.0152. The molecule has 16 heavy (non-hydrogen) atoms. The van der Waals surface area contributed by atoms with Crippen molar-refractivity contribution >= 4 is 15.7 Å². The second-order valence-corrected chi connectivity index (χ2v) is 5.92. The lowest BCUT2D eigenvalue weighted by Crippen LogP contribution is -2.38. The molecule has 1 aromatic carbocycles. The van der Waals surface area contributed by atoms with Gasteiger partial charge >= 0.3 is 0 Å². The lowest BCUT2D eigenvalue weighted by atomic mass is 10.0. The Kier molecular flexibility index (Phi) is 3.16. The minimum atomic E-state index is -3.24. The van der Waals surface area contributed by atoms with Gasteiger partial charge in [-0.3, -0.25) is 4.31 Å². The van der Waals surface area contributed by atoms with Crippen molar-refractivity contribution in [1.29, 1.82) is 0 Å². The smallest absolute Gasteiger partial charge is 0.236 e. The summed E-state index contributed by atoms with van der Waals surface area (Å²) in [5.74, 6) is 0.0152. The Morgan fingerprint density at radius 2 is 2.06 bits per heavy atom. The highest BCUT2D eigenvalue weighted by Crippen LogP contribution is 2.28. The number of aryl methyl sites for hydroxylation is 1. The van der Waals surface area contributed by atoms with E-state index in [4.69, 9.17) is 5.73 Å². The summed E-state index contributed by atoms with van der Waals surface area (Å²) in [4.78, 5) is 0. The summed E-state index contributed by atoms with van der Waals surface area (Å²) in [6, 6.07) is 7.66. The average molecular weight is 240 g/mol. The monoisotopic (exact) mass is 240 g/mol. The topological polar surface area (TPSA) is 63.4 Å². The third kappa shape index (κ3) is 2.05. The molecule has 88 valence electrons. The van der Waals surface area contributed by atoms with E-state index in [2.05, 4.69) is 0 Å². The predicted molar refractivity (Wildman–Crippen MR) is 65.0 cm³/mol. The molecule has 0 aliphatic carbocycles. The van der Waals surface area contributed by atoms with E-state index in [0.717, 1.165) is 24.1 Å². The van der Waals surface area contributed by atoms with E-state index in [9.17, 15) is 8.42 Å². The molecular formula is C11H16N2O2S. The maximum atomic E-state index is 12.0. The summed E-state index contributed by atoms with van der Waals surface area (Å²) in [6.45, 7) is 0.736. The number of para-hydroxylation sites is 1. The molecule has 0 saturated heterocycles. The van der Waals surface area contributed by atoms with Crippen molar-refractivity contribution in [2.45, 2.75) is 12.8 Å². The van der Waals surface area contributed by atoms with E-state index in [1.165, 1.54) is 4.31 Å². The quantitative estimate of drug-likeness (QED) is 0.847. The molecule has 0 spiro atoms. The van der Waals surface area contributed by atoms with E-state index in [-0.39, 0.29) is 12.3 Å². The number of hydrogen-bond acceptors (Lipinski definition) is 3. The molecule has 0 saturated carbocycles. The van der Waals surface area contributed by atoms with Crippen molar-refractivity contribution in [2.24, 2.45) is 5.73 Å². The Hall–Kier alpha value is -1.07. The summed E-state index contributed by atoms with van der Waals surface area (Å²) >= 11 is 0. The van der Waals surface area contributed by atoms with Gasteiger partial charge in [0.1, 0.15) is 0 Å². The maximum absolute atomic E-state index is 12.0. The molecule has 1 heterocycles. The van der Waals surface area contributed by atoms with Gasteiger partial charge < -0.3 is 5.73 Å². The van der Waals surface area contributed by atoms with Crippen molar-refractivity contribution in [2.75, 3.05) is 23.1 Å². The third-order valence-corrected chi connectivity index (χ3v) is 4.58. The fraction of sp³-hybridized carbons (Fsp3) is 0.455. The molecule has 0 unspecified atom stereocenters. The van der Waals surface area contributed by atoms with Gasteiger partial charge in [-0.05, 0) is 24.5 Å². The number of fused-ring (bicyclic) bond motifs is 1. The lowest BCUT2D eigenvalue weighted by molar-refractivity contribution is 0.586. The number of anilines is 1. The highest BCUT2D eigenvalue weighted by molar-refractivity contribution is 7.92. The molecule has 0 amide bonds. The molecule has 2 rings (SSSR count). The molecule has 1 aliphatic rings. The summed E-state index contributed by atoms with van der Waals surface area (Å²) < 4.78 is 25.5. The first kappa shape index (κ1) is 11.4. The molecule has 0 atom stereocenters. The molecule has 1 aliphatic heterocycles.